The molecule has 112 valence electrons. The molecule has 2 aromatic rings. The van der Waals surface area contributed by atoms with Gasteiger partial charge in [-0.1, -0.05) is 19.3 Å². The zero-order valence-corrected chi connectivity index (χ0v) is 12.6. The van der Waals surface area contributed by atoms with Gasteiger partial charge in [0, 0.05) is 25.5 Å². The lowest BCUT2D eigenvalue weighted by Gasteiger charge is -2.21. The molecule has 0 aliphatic heterocycles. The van der Waals surface area contributed by atoms with Crippen molar-refractivity contribution in [3.63, 3.8) is 0 Å². The number of aromatic nitrogens is 4. The lowest BCUT2D eigenvalue weighted by molar-refractivity contribution is 0.327. The van der Waals surface area contributed by atoms with Crippen LogP contribution in [0.2, 0.25) is 0 Å². The molecule has 1 aliphatic carbocycles. The van der Waals surface area contributed by atoms with Crippen molar-refractivity contribution >= 4 is 0 Å². The average molecular weight is 285 g/mol. The molecule has 0 amide bonds. The van der Waals surface area contributed by atoms with Crippen LogP contribution in [0.5, 0.6) is 0 Å². The zero-order valence-electron chi connectivity index (χ0n) is 12.6. The summed E-state index contributed by atoms with van der Waals surface area (Å²) in [6.45, 7) is 3.44. The van der Waals surface area contributed by atoms with E-state index in [9.17, 15) is 0 Å². The molecular weight excluding hydrogens is 262 g/mol. The second kappa shape index (κ2) is 6.80. The van der Waals surface area contributed by atoms with E-state index >= 15 is 0 Å². The van der Waals surface area contributed by atoms with Gasteiger partial charge in [-0.2, -0.15) is 5.10 Å². The fourth-order valence-electron chi connectivity index (χ4n) is 2.94. The predicted octanol–water partition coefficient (Wildman–Crippen LogP) is 2.78. The Hall–Kier alpha value is -1.75. The Kier molecular flexibility index (Phi) is 4.60. The van der Waals surface area contributed by atoms with E-state index in [1.807, 2.05) is 13.0 Å². The summed E-state index contributed by atoms with van der Waals surface area (Å²) in [6.07, 6.45) is 10.5. The summed E-state index contributed by atoms with van der Waals surface area (Å²) in [5.41, 5.74) is 2.13. The number of hydrogen-bond acceptors (Lipinski definition) is 4. The molecule has 0 atom stereocenters. The van der Waals surface area contributed by atoms with Gasteiger partial charge in [0.25, 0.3) is 0 Å². The van der Waals surface area contributed by atoms with Crippen LogP contribution in [0.3, 0.4) is 0 Å². The Morgan fingerprint density at radius 3 is 2.76 bits per heavy atom. The smallest absolute Gasteiger partial charge is 0.125 e. The van der Waals surface area contributed by atoms with Gasteiger partial charge in [-0.3, -0.25) is 4.68 Å². The number of hydrogen-bond donors (Lipinski definition) is 1. The minimum atomic E-state index is 0.608. The molecule has 5 nitrogen and oxygen atoms in total. The van der Waals surface area contributed by atoms with E-state index in [2.05, 4.69) is 32.2 Å². The monoisotopic (exact) mass is 285 g/mol. The normalized spacial score (nSPS) is 16.2. The molecule has 1 fully saturated rings. The van der Waals surface area contributed by atoms with Crippen molar-refractivity contribution in [1.82, 2.24) is 25.1 Å². The van der Waals surface area contributed by atoms with E-state index in [-0.39, 0.29) is 0 Å². The maximum absolute atomic E-state index is 4.70. The molecule has 1 N–H and O–H groups in total. The van der Waals surface area contributed by atoms with Crippen LogP contribution in [0.4, 0.5) is 0 Å². The molecule has 21 heavy (non-hydrogen) atoms. The average Bonchev–Trinajstić information content (AvgIpc) is 2.97. The van der Waals surface area contributed by atoms with Crippen LogP contribution >= 0.6 is 0 Å². The van der Waals surface area contributed by atoms with E-state index in [4.69, 9.17) is 5.10 Å². The molecule has 2 heterocycles. The molecule has 1 aliphatic rings. The molecule has 0 unspecified atom stereocenters. The number of nitrogens with zero attached hydrogens (tertiary/aromatic N) is 4. The van der Waals surface area contributed by atoms with Crippen molar-refractivity contribution in [2.75, 3.05) is 0 Å². The number of nitrogens with one attached hydrogen (secondary N) is 1. The second-order valence-electron chi connectivity index (χ2n) is 5.78. The molecule has 0 aromatic carbocycles. The fraction of sp³-hybridized carbons (Fsp3) is 0.562. The van der Waals surface area contributed by atoms with Crippen LogP contribution in [0.1, 0.15) is 55.4 Å². The zero-order chi connectivity index (χ0) is 14.5. The van der Waals surface area contributed by atoms with E-state index in [0.717, 1.165) is 30.3 Å². The van der Waals surface area contributed by atoms with Gasteiger partial charge in [-0.25, -0.2) is 9.97 Å². The molecular formula is C16H23N5. The minimum Gasteiger partial charge on any atom is -0.305 e. The van der Waals surface area contributed by atoms with Crippen molar-refractivity contribution in [2.45, 2.75) is 58.2 Å². The van der Waals surface area contributed by atoms with Crippen molar-refractivity contribution < 1.29 is 0 Å². The quantitative estimate of drug-likeness (QED) is 0.917. The topological polar surface area (TPSA) is 55.6 Å². The fourth-order valence-corrected chi connectivity index (χ4v) is 2.94. The molecule has 0 saturated heterocycles. The van der Waals surface area contributed by atoms with Gasteiger partial charge in [0.15, 0.2) is 0 Å². The first-order chi connectivity index (χ1) is 10.3. The van der Waals surface area contributed by atoms with Crippen molar-refractivity contribution in [3.05, 3.63) is 41.7 Å². The van der Waals surface area contributed by atoms with Gasteiger partial charge in [0.05, 0.1) is 17.4 Å². The first kappa shape index (κ1) is 14.2. The molecule has 0 bridgehead atoms. The Labute approximate surface area is 125 Å². The highest BCUT2D eigenvalue weighted by atomic mass is 15.3. The Bertz CT molecular complexity index is 572. The summed E-state index contributed by atoms with van der Waals surface area (Å²) >= 11 is 0. The third-order valence-electron chi connectivity index (χ3n) is 4.06. The molecule has 0 spiro atoms. The van der Waals surface area contributed by atoms with E-state index < -0.39 is 0 Å². The van der Waals surface area contributed by atoms with Crippen LogP contribution < -0.4 is 5.32 Å². The molecule has 0 radical (unpaired) electrons. The highest BCUT2D eigenvalue weighted by molar-refractivity contribution is 5.03. The lowest BCUT2D eigenvalue weighted by Crippen LogP contribution is -2.16. The first-order valence-electron chi connectivity index (χ1n) is 7.84. The van der Waals surface area contributed by atoms with Gasteiger partial charge in [-0.15, -0.1) is 0 Å². The number of aryl methyl sites for hydroxylation is 1. The predicted molar refractivity (Wildman–Crippen MR) is 81.7 cm³/mol. The van der Waals surface area contributed by atoms with Crippen LogP contribution in [0.15, 0.2) is 24.5 Å². The van der Waals surface area contributed by atoms with Gasteiger partial charge < -0.3 is 5.32 Å². The Morgan fingerprint density at radius 1 is 1.14 bits per heavy atom. The molecule has 3 rings (SSSR count). The van der Waals surface area contributed by atoms with Crippen LogP contribution in [-0.2, 0) is 13.1 Å². The van der Waals surface area contributed by atoms with Gasteiger partial charge in [0.1, 0.15) is 5.82 Å². The summed E-state index contributed by atoms with van der Waals surface area (Å²) in [5.74, 6) is 0.816. The van der Waals surface area contributed by atoms with E-state index in [0.29, 0.717) is 6.04 Å². The van der Waals surface area contributed by atoms with Gasteiger partial charge in [0.2, 0.25) is 0 Å². The second-order valence-corrected chi connectivity index (χ2v) is 5.78. The summed E-state index contributed by atoms with van der Waals surface area (Å²) in [7, 11) is 0. The molecule has 2 aromatic heterocycles. The van der Waals surface area contributed by atoms with Crippen molar-refractivity contribution in [2.24, 2.45) is 0 Å². The maximum Gasteiger partial charge on any atom is 0.125 e. The third-order valence-corrected chi connectivity index (χ3v) is 4.06. The standard InChI is InChI=1S/C16H23N5/c1-13-18-9-7-14(19-13)11-17-12-15-8-10-21(20-15)16-5-3-2-4-6-16/h7-10,16-17H,2-6,11-12H2,1H3. The minimum absolute atomic E-state index is 0.608. The summed E-state index contributed by atoms with van der Waals surface area (Å²) < 4.78 is 2.16. The van der Waals surface area contributed by atoms with Crippen LogP contribution in [-0.4, -0.2) is 19.7 Å². The van der Waals surface area contributed by atoms with Crippen molar-refractivity contribution in [1.29, 1.82) is 0 Å². The largest absolute Gasteiger partial charge is 0.305 e. The summed E-state index contributed by atoms with van der Waals surface area (Å²) in [5, 5.41) is 8.10. The first-order valence-corrected chi connectivity index (χ1v) is 7.84. The van der Waals surface area contributed by atoms with Gasteiger partial charge >= 0.3 is 0 Å². The maximum atomic E-state index is 4.70. The van der Waals surface area contributed by atoms with Crippen molar-refractivity contribution in [3.8, 4) is 0 Å². The van der Waals surface area contributed by atoms with E-state index in [1.54, 1.807) is 6.20 Å². The molecule has 1 saturated carbocycles. The lowest BCUT2D eigenvalue weighted by atomic mass is 9.96. The third kappa shape index (κ3) is 3.88. The Balaban J connectivity index is 1.50. The molecule has 5 heteroatoms. The SMILES string of the molecule is Cc1nccc(CNCc2ccn(C3CCCCC3)n2)n1. The van der Waals surface area contributed by atoms with Gasteiger partial charge in [-0.05, 0) is 31.9 Å². The highest BCUT2D eigenvalue weighted by Crippen LogP contribution is 2.27. The van der Waals surface area contributed by atoms with Crippen LogP contribution in [0.25, 0.3) is 0 Å². The van der Waals surface area contributed by atoms with Crippen LogP contribution in [0, 0.1) is 6.92 Å². The Morgan fingerprint density at radius 2 is 1.95 bits per heavy atom. The highest BCUT2D eigenvalue weighted by Gasteiger charge is 2.15. The van der Waals surface area contributed by atoms with E-state index in [1.165, 1.54) is 32.1 Å². The summed E-state index contributed by atoms with van der Waals surface area (Å²) in [6, 6.07) is 4.67. The number of rotatable bonds is 5. The summed E-state index contributed by atoms with van der Waals surface area (Å²) in [4.78, 5) is 8.49.